The summed E-state index contributed by atoms with van der Waals surface area (Å²) < 4.78 is 1.12. The van der Waals surface area contributed by atoms with E-state index in [1.807, 2.05) is 7.05 Å². The molecule has 0 saturated carbocycles. The van der Waals surface area contributed by atoms with Gasteiger partial charge in [0.15, 0.2) is 0 Å². The average Bonchev–Trinajstić information content (AvgIpc) is 2.16. The molecule has 1 aromatic heterocycles. The van der Waals surface area contributed by atoms with Crippen molar-refractivity contribution in [2.75, 3.05) is 13.6 Å². The average molecular weight is 323 g/mol. The van der Waals surface area contributed by atoms with Gasteiger partial charge in [-0.3, -0.25) is 9.36 Å². The lowest BCUT2D eigenvalue weighted by atomic mass is 10.1. The second-order valence-electron chi connectivity index (χ2n) is 3.74. The van der Waals surface area contributed by atoms with Crippen molar-refractivity contribution in [1.29, 1.82) is 0 Å². The first-order chi connectivity index (χ1) is 6.59. The highest BCUT2D eigenvalue weighted by Gasteiger charge is 2.18. The monoisotopic (exact) mass is 323 g/mol. The lowest BCUT2D eigenvalue weighted by Gasteiger charge is -2.23. The Labute approximate surface area is 104 Å². The third-order valence-corrected chi connectivity index (χ3v) is 2.66. The van der Waals surface area contributed by atoms with Crippen LogP contribution in [0.15, 0.2) is 9.59 Å². The predicted octanol–water partition coefficient (Wildman–Crippen LogP) is -0.321. The number of likely N-dealkylation sites (N-methyl/N-ethyl adjacent to an activating group) is 1. The fourth-order valence-corrected chi connectivity index (χ4v) is 1.74. The number of halogens is 1. The molecule has 1 aliphatic rings. The van der Waals surface area contributed by atoms with E-state index >= 15 is 0 Å². The van der Waals surface area contributed by atoms with Crippen LogP contribution in [-0.4, -0.2) is 28.0 Å². The number of nitrogens with one attached hydrogen (secondary N) is 1. The molecule has 0 spiro atoms. The molecule has 0 radical (unpaired) electrons. The van der Waals surface area contributed by atoms with Crippen LogP contribution in [0.5, 0.6) is 0 Å². The van der Waals surface area contributed by atoms with E-state index < -0.39 is 0 Å². The van der Waals surface area contributed by atoms with Crippen LogP contribution in [0.4, 0.5) is 0 Å². The standard InChI is InChI=1S/C9H13N3O2.HI/c1-11-4-3-7-6(5-11)8(13)12(2)9(14)10-7;/h3-5H2,1-2H3,(H,10,14);1H. The van der Waals surface area contributed by atoms with Crippen molar-refractivity contribution in [3.8, 4) is 0 Å². The highest BCUT2D eigenvalue weighted by Crippen LogP contribution is 2.09. The molecule has 0 aromatic carbocycles. The summed E-state index contributed by atoms with van der Waals surface area (Å²) in [4.78, 5) is 27.8. The normalized spacial score (nSPS) is 15.6. The summed E-state index contributed by atoms with van der Waals surface area (Å²) in [6, 6.07) is 0. The maximum Gasteiger partial charge on any atom is 0.328 e. The quantitative estimate of drug-likeness (QED) is 0.666. The molecule has 15 heavy (non-hydrogen) atoms. The molecule has 0 bridgehead atoms. The van der Waals surface area contributed by atoms with Crippen LogP contribution in [-0.2, 0) is 20.0 Å². The Morgan fingerprint density at radius 1 is 1.27 bits per heavy atom. The van der Waals surface area contributed by atoms with E-state index in [9.17, 15) is 9.59 Å². The minimum absolute atomic E-state index is 0. The first kappa shape index (κ1) is 12.4. The van der Waals surface area contributed by atoms with Gasteiger partial charge in [0.2, 0.25) is 0 Å². The van der Waals surface area contributed by atoms with Crippen LogP contribution in [0, 0.1) is 0 Å². The number of fused-ring (bicyclic) bond motifs is 1. The lowest BCUT2D eigenvalue weighted by molar-refractivity contribution is 0.305. The van der Waals surface area contributed by atoms with Gasteiger partial charge in [0.05, 0.1) is 5.56 Å². The van der Waals surface area contributed by atoms with Crippen molar-refractivity contribution >= 4 is 24.0 Å². The Balaban J connectivity index is 0.00000112. The van der Waals surface area contributed by atoms with E-state index in [0.29, 0.717) is 6.54 Å². The molecule has 0 atom stereocenters. The molecule has 0 unspecified atom stereocenters. The topological polar surface area (TPSA) is 58.1 Å². The van der Waals surface area contributed by atoms with Gasteiger partial charge in [-0.2, -0.15) is 0 Å². The van der Waals surface area contributed by atoms with Gasteiger partial charge in [-0.25, -0.2) is 4.79 Å². The van der Waals surface area contributed by atoms with E-state index in [2.05, 4.69) is 9.88 Å². The lowest BCUT2D eigenvalue weighted by Crippen LogP contribution is -2.41. The van der Waals surface area contributed by atoms with Crippen molar-refractivity contribution in [2.45, 2.75) is 13.0 Å². The maximum atomic E-state index is 11.7. The van der Waals surface area contributed by atoms with Gasteiger partial charge in [0.1, 0.15) is 0 Å². The molecule has 0 fully saturated rings. The highest BCUT2D eigenvalue weighted by atomic mass is 127. The summed E-state index contributed by atoms with van der Waals surface area (Å²) in [5.41, 5.74) is 1.03. The summed E-state index contributed by atoms with van der Waals surface area (Å²) in [7, 11) is 3.46. The predicted molar refractivity (Wildman–Crippen MR) is 67.8 cm³/mol. The van der Waals surface area contributed by atoms with Crippen LogP contribution >= 0.6 is 24.0 Å². The zero-order chi connectivity index (χ0) is 10.3. The maximum absolute atomic E-state index is 11.7. The van der Waals surface area contributed by atoms with E-state index in [-0.39, 0.29) is 35.2 Å². The first-order valence-electron chi connectivity index (χ1n) is 4.59. The van der Waals surface area contributed by atoms with Crippen LogP contribution in [0.3, 0.4) is 0 Å². The summed E-state index contributed by atoms with van der Waals surface area (Å²) in [5, 5.41) is 0. The largest absolute Gasteiger partial charge is 0.328 e. The van der Waals surface area contributed by atoms with Gasteiger partial charge in [-0.15, -0.1) is 24.0 Å². The number of rotatable bonds is 0. The van der Waals surface area contributed by atoms with Crippen LogP contribution in [0.25, 0.3) is 0 Å². The van der Waals surface area contributed by atoms with E-state index in [0.717, 1.165) is 28.8 Å². The summed E-state index contributed by atoms with van der Waals surface area (Å²) >= 11 is 0. The minimum Gasteiger partial charge on any atom is -0.311 e. The van der Waals surface area contributed by atoms with Gasteiger partial charge in [-0.05, 0) is 7.05 Å². The van der Waals surface area contributed by atoms with Crippen LogP contribution in [0.1, 0.15) is 11.3 Å². The van der Waals surface area contributed by atoms with Crippen LogP contribution in [0.2, 0.25) is 0 Å². The fourth-order valence-electron chi connectivity index (χ4n) is 1.74. The highest BCUT2D eigenvalue weighted by molar-refractivity contribution is 14.0. The number of hydrogen-bond acceptors (Lipinski definition) is 3. The van der Waals surface area contributed by atoms with E-state index in [1.165, 1.54) is 7.05 Å². The summed E-state index contributed by atoms with van der Waals surface area (Å²) in [6.07, 6.45) is 0.747. The Hall–Kier alpha value is -0.630. The van der Waals surface area contributed by atoms with Gasteiger partial charge >= 0.3 is 5.69 Å². The Morgan fingerprint density at radius 3 is 2.60 bits per heavy atom. The van der Waals surface area contributed by atoms with Gasteiger partial charge in [0, 0.05) is 32.3 Å². The van der Waals surface area contributed by atoms with E-state index in [4.69, 9.17) is 0 Å². The molecular weight excluding hydrogens is 309 g/mol. The second kappa shape index (κ2) is 4.48. The molecular formula is C9H14IN3O2. The Morgan fingerprint density at radius 2 is 1.93 bits per heavy atom. The van der Waals surface area contributed by atoms with E-state index in [1.54, 1.807) is 0 Å². The Kier molecular flexibility index (Phi) is 3.72. The molecule has 0 amide bonds. The summed E-state index contributed by atoms with van der Waals surface area (Å²) in [6.45, 7) is 1.51. The van der Waals surface area contributed by atoms with Crippen LogP contribution < -0.4 is 11.2 Å². The van der Waals surface area contributed by atoms with Crippen molar-refractivity contribution in [3.05, 3.63) is 32.1 Å². The van der Waals surface area contributed by atoms with Crippen molar-refractivity contribution in [2.24, 2.45) is 7.05 Å². The third-order valence-electron chi connectivity index (χ3n) is 2.66. The summed E-state index contributed by atoms with van der Waals surface area (Å²) in [5.74, 6) is 0. The molecule has 84 valence electrons. The van der Waals surface area contributed by atoms with Crippen molar-refractivity contribution in [3.63, 3.8) is 0 Å². The molecule has 5 nitrogen and oxygen atoms in total. The SMILES string of the molecule is CN1CCc2[nH]c(=O)n(C)c(=O)c2C1.I. The first-order valence-corrected chi connectivity index (χ1v) is 4.59. The molecule has 0 saturated heterocycles. The number of nitrogens with zero attached hydrogens (tertiary/aromatic N) is 2. The molecule has 1 N–H and O–H groups in total. The third kappa shape index (κ3) is 2.15. The molecule has 2 heterocycles. The number of aromatic amines is 1. The van der Waals surface area contributed by atoms with Gasteiger partial charge in [0.25, 0.3) is 5.56 Å². The number of hydrogen-bond donors (Lipinski definition) is 1. The fraction of sp³-hybridized carbons (Fsp3) is 0.556. The smallest absolute Gasteiger partial charge is 0.311 e. The number of H-pyrrole nitrogens is 1. The second-order valence-corrected chi connectivity index (χ2v) is 3.74. The van der Waals surface area contributed by atoms with Crippen molar-refractivity contribution in [1.82, 2.24) is 14.5 Å². The number of aromatic nitrogens is 2. The zero-order valence-corrected chi connectivity index (χ0v) is 11.1. The van der Waals surface area contributed by atoms with Gasteiger partial charge in [-0.1, -0.05) is 0 Å². The van der Waals surface area contributed by atoms with Gasteiger partial charge < -0.3 is 9.88 Å². The zero-order valence-electron chi connectivity index (χ0n) is 8.74. The molecule has 6 heteroatoms. The molecule has 1 aliphatic heterocycles. The molecule has 2 rings (SSSR count). The Bertz CT molecular complexity index is 477. The molecule has 1 aromatic rings. The van der Waals surface area contributed by atoms with Crippen molar-refractivity contribution < 1.29 is 0 Å². The molecule has 0 aliphatic carbocycles. The minimum atomic E-state index is -0.321.